The summed E-state index contributed by atoms with van der Waals surface area (Å²) in [6.45, 7) is 6.23. The van der Waals surface area contributed by atoms with Crippen LogP contribution in [0.25, 0.3) is 0 Å². The van der Waals surface area contributed by atoms with Gasteiger partial charge in [0.05, 0.1) is 0 Å². The van der Waals surface area contributed by atoms with E-state index in [4.69, 9.17) is 11.6 Å². The van der Waals surface area contributed by atoms with E-state index in [-0.39, 0.29) is 0 Å². The van der Waals surface area contributed by atoms with E-state index in [2.05, 4.69) is 11.9 Å². The Balaban J connectivity index is 2.90. The smallest absolute Gasteiger partial charge is 0.0497 e. The van der Waals surface area contributed by atoms with Crippen LogP contribution in [0.15, 0.2) is 6.20 Å². The molecular formula is C11H16ClN. The van der Waals surface area contributed by atoms with Crippen LogP contribution in [0.3, 0.4) is 0 Å². The fourth-order valence-electron chi connectivity index (χ4n) is 1.35. The van der Waals surface area contributed by atoms with Crippen molar-refractivity contribution >= 4 is 11.6 Å². The minimum absolute atomic E-state index is 0.876. The molecule has 0 aliphatic rings. The van der Waals surface area contributed by atoms with Crippen molar-refractivity contribution in [1.82, 2.24) is 4.98 Å². The van der Waals surface area contributed by atoms with Crippen molar-refractivity contribution in [3.05, 3.63) is 28.0 Å². The molecule has 0 aliphatic carbocycles. The van der Waals surface area contributed by atoms with E-state index in [0.717, 1.165) is 28.3 Å². The minimum Gasteiger partial charge on any atom is -0.261 e. The van der Waals surface area contributed by atoms with Gasteiger partial charge in [-0.15, -0.1) is 0 Å². The molecule has 0 atom stereocenters. The summed E-state index contributed by atoms with van der Waals surface area (Å²) < 4.78 is 0. The molecule has 0 saturated heterocycles. The Morgan fingerprint density at radius 3 is 2.69 bits per heavy atom. The summed E-state index contributed by atoms with van der Waals surface area (Å²) in [5, 5.41) is 0.876. The maximum atomic E-state index is 6.12. The van der Waals surface area contributed by atoms with Crippen LogP contribution in [0.5, 0.6) is 0 Å². The largest absolute Gasteiger partial charge is 0.261 e. The van der Waals surface area contributed by atoms with Crippen LogP contribution in [0.4, 0.5) is 0 Å². The normalized spacial score (nSPS) is 10.5. The number of hydrogen-bond acceptors (Lipinski definition) is 1. The highest BCUT2D eigenvalue weighted by Gasteiger charge is 2.05. The first-order chi connectivity index (χ1) is 6.16. The highest BCUT2D eigenvalue weighted by molar-refractivity contribution is 6.32. The van der Waals surface area contributed by atoms with Crippen molar-refractivity contribution in [1.29, 1.82) is 0 Å². The number of aryl methyl sites for hydroxylation is 2. The van der Waals surface area contributed by atoms with Gasteiger partial charge in [-0.3, -0.25) is 4.98 Å². The number of pyridine rings is 1. The summed E-state index contributed by atoms with van der Waals surface area (Å²) in [5.41, 5.74) is 3.37. The molecule has 1 aromatic rings. The number of aromatic nitrogens is 1. The average molecular weight is 198 g/mol. The fourth-order valence-corrected chi connectivity index (χ4v) is 1.50. The molecule has 1 aromatic heterocycles. The highest BCUT2D eigenvalue weighted by Crippen LogP contribution is 2.22. The zero-order valence-corrected chi connectivity index (χ0v) is 9.28. The summed E-state index contributed by atoms with van der Waals surface area (Å²) >= 11 is 6.12. The Morgan fingerprint density at radius 1 is 1.38 bits per heavy atom. The van der Waals surface area contributed by atoms with Gasteiger partial charge in [-0.05, 0) is 37.8 Å². The molecule has 0 fully saturated rings. The summed E-state index contributed by atoms with van der Waals surface area (Å²) in [6.07, 6.45) is 5.29. The van der Waals surface area contributed by atoms with Crippen molar-refractivity contribution < 1.29 is 0 Å². The minimum atomic E-state index is 0.876. The van der Waals surface area contributed by atoms with Gasteiger partial charge in [0.2, 0.25) is 0 Å². The summed E-state index contributed by atoms with van der Waals surface area (Å²) in [7, 11) is 0. The molecule has 72 valence electrons. The molecule has 0 aromatic carbocycles. The molecule has 0 unspecified atom stereocenters. The lowest BCUT2D eigenvalue weighted by Gasteiger charge is -2.07. The second-order valence-electron chi connectivity index (χ2n) is 3.43. The zero-order chi connectivity index (χ0) is 9.84. The Bertz CT molecular complexity index is 294. The molecule has 0 saturated carbocycles. The van der Waals surface area contributed by atoms with Gasteiger partial charge in [0.15, 0.2) is 0 Å². The summed E-state index contributed by atoms with van der Waals surface area (Å²) in [4.78, 5) is 4.39. The van der Waals surface area contributed by atoms with Crippen molar-refractivity contribution in [2.75, 3.05) is 0 Å². The van der Waals surface area contributed by atoms with E-state index in [1.807, 2.05) is 20.0 Å². The predicted molar refractivity (Wildman–Crippen MR) is 57.3 cm³/mol. The maximum Gasteiger partial charge on any atom is 0.0497 e. The van der Waals surface area contributed by atoms with Gasteiger partial charge in [0, 0.05) is 16.9 Å². The van der Waals surface area contributed by atoms with Gasteiger partial charge >= 0.3 is 0 Å². The fraction of sp³-hybridized carbons (Fsp3) is 0.545. The second kappa shape index (κ2) is 4.61. The predicted octanol–water partition coefficient (Wildman–Crippen LogP) is 3.69. The van der Waals surface area contributed by atoms with E-state index in [0.29, 0.717) is 0 Å². The third-order valence-electron chi connectivity index (χ3n) is 2.29. The third-order valence-corrected chi connectivity index (χ3v) is 2.87. The van der Waals surface area contributed by atoms with Crippen molar-refractivity contribution in [2.45, 2.75) is 40.0 Å². The molecule has 1 nitrogen and oxygen atoms in total. The molecular weight excluding hydrogens is 182 g/mol. The number of unbranched alkanes of at least 4 members (excludes halogenated alkanes) is 1. The van der Waals surface area contributed by atoms with Crippen molar-refractivity contribution in [3.63, 3.8) is 0 Å². The Hall–Kier alpha value is -0.560. The van der Waals surface area contributed by atoms with Gasteiger partial charge < -0.3 is 0 Å². The van der Waals surface area contributed by atoms with Gasteiger partial charge in [-0.25, -0.2) is 0 Å². The molecule has 0 bridgehead atoms. The number of halogens is 1. The number of hydrogen-bond donors (Lipinski definition) is 0. The molecule has 0 aliphatic heterocycles. The van der Waals surface area contributed by atoms with Crippen LogP contribution in [0, 0.1) is 13.8 Å². The third kappa shape index (κ3) is 2.44. The Labute approximate surface area is 85.1 Å². The lowest BCUT2D eigenvalue weighted by atomic mass is 10.1. The molecule has 13 heavy (non-hydrogen) atoms. The van der Waals surface area contributed by atoms with Gasteiger partial charge in [-0.2, -0.15) is 0 Å². The molecule has 0 amide bonds. The van der Waals surface area contributed by atoms with E-state index in [9.17, 15) is 0 Å². The van der Waals surface area contributed by atoms with Gasteiger partial charge in [0.1, 0.15) is 0 Å². The average Bonchev–Trinajstić information content (AvgIpc) is 2.13. The SMILES string of the molecule is CCCCc1ncc(C)c(Cl)c1C. The van der Waals surface area contributed by atoms with Crippen molar-refractivity contribution in [2.24, 2.45) is 0 Å². The van der Waals surface area contributed by atoms with Crippen molar-refractivity contribution in [3.8, 4) is 0 Å². The van der Waals surface area contributed by atoms with E-state index >= 15 is 0 Å². The quantitative estimate of drug-likeness (QED) is 0.720. The Morgan fingerprint density at radius 2 is 2.08 bits per heavy atom. The number of rotatable bonds is 3. The molecule has 2 heteroatoms. The van der Waals surface area contributed by atoms with Crippen LogP contribution in [0.2, 0.25) is 5.02 Å². The van der Waals surface area contributed by atoms with Gasteiger partial charge in [0.25, 0.3) is 0 Å². The maximum absolute atomic E-state index is 6.12. The zero-order valence-electron chi connectivity index (χ0n) is 8.52. The topological polar surface area (TPSA) is 12.9 Å². The van der Waals surface area contributed by atoms with Crippen LogP contribution in [0.1, 0.15) is 36.6 Å². The first kappa shape index (κ1) is 10.5. The second-order valence-corrected chi connectivity index (χ2v) is 3.81. The summed E-state index contributed by atoms with van der Waals surface area (Å²) in [5.74, 6) is 0. The molecule has 0 N–H and O–H groups in total. The van der Waals surface area contributed by atoms with E-state index < -0.39 is 0 Å². The number of nitrogens with zero attached hydrogens (tertiary/aromatic N) is 1. The lowest BCUT2D eigenvalue weighted by molar-refractivity contribution is 0.771. The first-order valence-corrected chi connectivity index (χ1v) is 5.15. The van der Waals surface area contributed by atoms with Crippen LogP contribution >= 0.6 is 11.6 Å². The first-order valence-electron chi connectivity index (χ1n) is 4.77. The van der Waals surface area contributed by atoms with Crippen LogP contribution < -0.4 is 0 Å². The monoisotopic (exact) mass is 197 g/mol. The van der Waals surface area contributed by atoms with Crippen LogP contribution in [-0.4, -0.2) is 4.98 Å². The molecule has 1 heterocycles. The standard InChI is InChI=1S/C11H16ClN/c1-4-5-6-10-9(3)11(12)8(2)7-13-10/h7H,4-6H2,1-3H3. The highest BCUT2D eigenvalue weighted by atomic mass is 35.5. The molecule has 0 radical (unpaired) electrons. The Kier molecular flexibility index (Phi) is 3.73. The summed E-state index contributed by atoms with van der Waals surface area (Å²) in [6, 6.07) is 0. The molecule has 0 spiro atoms. The lowest BCUT2D eigenvalue weighted by Crippen LogP contribution is -1.96. The van der Waals surface area contributed by atoms with Gasteiger partial charge in [-0.1, -0.05) is 24.9 Å². The van der Waals surface area contributed by atoms with E-state index in [1.165, 1.54) is 12.8 Å². The van der Waals surface area contributed by atoms with E-state index in [1.54, 1.807) is 0 Å². The van der Waals surface area contributed by atoms with Crippen LogP contribution in [-0.2, 0) is 6.42 Å². The molecule has 1 rings (SSSR count).